The molecular formula is C8H8FN3O2. The van der Waals surface area contributed by atoms with E-state index in [0.717, 1.165) is 6.20 Å². The molecule has 0 aromatic carbocycles. The second-order valence-electron chi connectivity index (χ2n) is 3.36. The predicted octanol–water partition coefficient (Wildman–Crippen LogP) is 0.886. The number of pyridine rings is 1. The number of hydrogen-bond donors (Lipinski definition) is 1. The molecule has 2 atom stereocenters. The maximum atomic E-state index is 12.9. The van der Waals surface area contributed by atoms with Crippen LogP contribution in [-0.2, 0) is 5.54 Å². The quantitative estimate of drug-likeness (QED) is 0.563. The van der Waals surface area contributed by atoms with Crippen molar-refractivity contribution in [1.29, 1.82) is 0 Å². The number of nitrogens with zero attached hydrogens (tertiary/aromatic N) is 2. The van der Waals surface area contributed by atoms with Crippen LogP contribution in [0.25, 0.3) is 0 Å². The van der Waals surface area contributed by atoms with E-state index in [1.165, 1.54) is 12.3 Å². The van der Waals surface area contributed by atoms with E-state index in [2.05, 4.69) is 4.98 Å². The van der Waals surface area contributed by atoms with Crippen LogP contribution in [0.1, 0.15) is 12.0 Å². The molecule has 0 bridgehead atoms. The van der Waals surface area contributed by atoms with Crippen LogP contribution in [-0.4, -0.2) is 16.1 Å². The number of nitro groups is 1. The van der Waals surface area contributed by atoms with E-state index >= 15 is 0 Å². The van der Waals surface area contributed by atoms with Crippen molar-refractivity contribution in [3.05, 3.63) is 34.1 Å². The van der Waals surface area contributed by atoms with Crippen LogP contribution >= 0.6 is 0 Å². The zero-order chi connectivity index (χ0) is 10.3. The predicted molar refractivity (Wildman–Crippen MR) is 46.3 cm³/mol. The summed E-state index contributed by atoms with van der Waals surface area (Å²) in [4.78, 5) is 13.6. The molecule has 0 amide bonds. The first-order valence-corrected chi connectivity index (χ1v) is 4.07. The highest BCUT2D eigenvalue weighted by atomic mass is 19.1. The Morgan fingerprint density at radius 1 is 1.79 bits per heavy atom. The molecular weight excluding hydrogens is 189 g/mol. The molecule has 2 N–H and O–H groups in total. The minimum Gasteiger partial charge on any atom is -0.319 e. The van der Waals surface area contributed by atoms with E-state index in [1.54, 1.807) is 0 Å². The average Bonchev–Trinajstić information content (AvgIpc) is 2.76. The number of halogens is 1. The zero-order valence-corrected chi connectivity index (χ0v) is 7.18. The molecule has 1 aromatic heterocycles. The maximum absolute atomic E-state index is 12.9. The molecule has 5 nitrogen and oxygen atoms in total. The third-order valence-corrected chi connectivity index (χ3v) is 2.41. The minimum absolute atomic E-state index is 0.137. The molecule has 0 spiro atoms. The standard InChI is InChI=1S/C8H8FN3O2/c9-7-3-8(7,10)5-1-2-11-4-6(5)12(13)14/h1-2,4,7H,3,10H2. The fourth-order valence-corrected chi connectivity index (χ4v) is 1.44. The van der Waals surface area contributed by atoms with Gasteiger partial charge in [-0.3, -0.25) is 15.1 Å². The molecule has 1 saturated carbocycles. The van der Waals surface area contributed by atoms with Gasteiger partial charge in [-0.15, -0.1) is 0 Å². The molecule has 6 heteroatoms. The summed E-state index contributed by atoms with van der Waals surface area (Å²) in [6, 6.07) is 1.40. The molecule has 74 valence electrons. The van der Waals surface area contributed by atoms with Crippen molar-refractivity contribution < 1.29 is 9.31 Å². The summed E-state index contributed by atoms with van der Waals surface area (Å²) in [5.41, 5.74) is 4.48. The third-order valence-electron chi connectivity index (χ3n) is 2.41. The Bertz CT molecular complexity index is 398. The lowest BCUT2D eigenvalue weighted by molar-refractivity contribution is -0.386. The Hall–Kier alpha value is -1.56. The van der Waals surface area contributed by atoms with Gasteiger partial charge in [-0.05, 0) is 6.07 Å². The molecule has 2 unspecified atom stereocenters. The van der Waals surface area contributed by atoms with Crippen molar-refractivity contribution in [2.45, 2.75) is 18.1 Å². The SMILES string of the molecule is NC1(c2ccncc2[N+](=O)[O-])CC1F. The van der Waals surface area contributed by atoms with Gasteiger partial charge in [0, 0.05) is 12.6 Å². The second-order valence-corrected chi connectivity index (χ2v) is 3.36. The summed E-state index contributed by atoms with van der Waals surface area (Å²) in [6.45, 7) is 0. The molecule has 0 radical (unpaired) electrons. The van der Waals surface area contributed by atoms with Crippen LogP contribution in [0.4, 0.5) is 10.1 Å². The average molecular weight is 197 g/mol. The van der Waals surface area contributed by atoms with Crippen LogP contribution in [0.3, 0.4) is 0 Å². The Morgan fingerprint density at radius 3 is 2.93 bits per heavy atom. The normalized spacial score (nSPS) is 30.0. The van der Waals surface area contributed by atoms with Crippen molar-refractivity contribution in [3.63, 3.8) is 0 Å². The fourth-order valence-electron chi connectivity index (χ4n) is 1.44. The van der Waals surface area contributed by atoms with Crippen molar-refractivity contribution in [3.8, 4) is 0 Å². The first kappa shape index (κ1) is 9.01. The summed E-state index contributed by atoms with van der Waals surface area (Å²) in [7, 11) is 0. The molecule has 1 aliphatic rings. The van der Waals surface area contributed by atoms with Gasteiger partial charge >= 0.3 is 0 Å². The lowest BCUT2D eigenvalue weighted by Crippen LogP contribution is -2.24. The molecule has 1 heterocycles. The van der Waals surface area contributed by atoms with Crippen LogP contribution in [0.5, 0.6) is 0 Å². The van der Waals surface area contributed by atoms with Gasteiger partial charge in [0.2, 0.25) is 0 Å². The van der Waals surface area contributed by atoms with E-state index in [9.17, 15) is 14.5 Å². The highest BCUT2D eigenvalue weighted by Crippen LogP contribution is 2.48. The van der Waals surface area contributed by atoms with Gasteiger partial charge < -0.3 is 5.73 Å². The van der Waals surface area contributed by atoms with E-state index in [-0.39, 0.29) is 17.7 Å². The van der Waals surface area contributed by atoms with Crippen LogP contribution < -0.4 is 5.73 Å². The van der Waals surface area contributed by atoms with Crippen molar-refractivity contribution >= 4 is 5.69 Å². The third kappa shape index (κ3) is 1.15. The molecule has 14 heavy (non-hydrogen) atoms. The molecule has 1 aromatic rings. The lowest BCUT2D eigenvalue weighted by Gasteiger charge is -2.08. The van der Waals surface area contributed by atoms with E-state index < -0.39 is 16.6 Å². The van der Waals surface area contributed by atoms with E-state index in [0.29, 0.717) is 0 Å². The number of aromatic nitrogens is 1. The van der Waals surface area contributed by atoms with E-state index in [4.69, 9.17) is 5.73 Å². The van der Waals surface area contributed by atoms with Gasteiger partial charge in [-0.1, -0.05) is 0 Å². The number of nitrogens with two attached hydrogens (primary N) is 1. The molecule has 2 rings (SSSR count). The van der Waals surface area contributed by atoms with Gasteiger partial charge in [0.05, 0.1) is 16.0 Å². The summed E-state index contributed by atoms with van der Waals surface area (Å²) < 4.78 is 12.9. The minimum atomic E-state index is -1.19. The Balaban J connectivity index is 2.48. The van der Waals surface area contributed by atoms with Crippen LogP contribution in [0.15, 0.2) is 18.5 Å². The summed E-state index contributed by atoms with van der Waals surface area (Å²) in [6.07, 6.45) is 1.41. The van der Waals surface area contributed by atoms with Crippen LogP contribution in [0.2, 0.25) is 0 Å². The van der Waals surface area contributed by atoms with Crippen molar-refractivity contribution in [1.82, 2.24) is 4.98 Å². The van der Waals surface area contributed by atoms with Gasteiger partial charge in [0.1, 0.15) is 12.4 Å². The maximum Gasteiger partial charge on any atom is 0.292 e. The van der Waals surface area contributed by atoms with E-state index in [1.807, 2.05) is 0 Å². The zero-order valence-electron chi connectivity index (χ0n) is 7.18. The van der Waals surface area contributed by atoms with Gasteiger partial charge in [-0.2, -0.15) is 0 Å². The summed E-state index contributed by atoms with van der Waals surface area (Å²) in [5, 5.41) is 10.6. The largest absolute Gasteiger partial charge is 0.319 e. The van der Waals surface area contributed by atoms with Gasteiger partial charge in [0.25, 0.3) is 5.69 Å². The highest BCUT2D eigenvalue weighted by Gasteiger charge is 2.56. The highest BCUT2D eigenvalue weighted by molar-refractivity contribution is 5.46. The lowest BCUT2D eigenvalue weighted by atomic mass is 10.1. The van der Waals surface area contributed by atoms with Gasteiger partial charge in [0.15, 0.2) is 0 Å². The molecule has 1 fully saturated rings. The number of rotatable bonds is 2. The second kappa shape index (κ2) is 2.71. The first-order valence-electron chi connectivity index (χ1n) is 4.07. The van der Waals surface area contributed by atoms with Crippen molar-refractivity contribution in [2.75, 3.05) is 0 Å². The van der Waals surface area contributed by atoms with Crippen LogP contribution in [0, 0.1) is 10.1 Å². The number of alkyl halides is 1. The fraction of sp³-hybridized carbons (Fsp3) is 0.375. The molecule has 1 aliphatic carbocycles. The Kier molecular flexibility index (Phi) is 1.75. The smallest absolute Gasteiger partial charge is 0.292 e. The summed E-state index contributed by atoms with van der Waals surface area (Å²) in [5.74, 6) is 0. The monoisotopic (exact) mass is 197 g/mol. The van der Waals surface area contributed by atoms with Crippen molar-refractivity contribution in [2.24, 2.45) is 5.73 Å². The summed E-state index contributed by atoms with van der Waals surface area (Å²) >= 11 is 0. The van der Waals surface area contributed by atoms with Gasteiger partial charge in [-0.25, -0.2) is 4.39 Å². The first-order chi connectivity index (χ1) is 6.55. The molecule has 0 aliphatic heterocycles. The molecule has 0 saturated heterocycles. The Morgan fingerprint density at radius 2 is 2.43 bits per heavy atom. The topological polar surface area (TPSA) is 82.0 Å². The Labute approximate surface area is 78.9 Å². The number of hydrogen-bond acceptors (Lipinski definition) is 4.